The lowest BCUT2D eigenvalue weighted by Gasteiger charge is -2.10. The van der Waals surface area contributed by atoms with Gasteiger partial charge >= 0.3 is 0 Å². The molecule has 0 spiro atoms. The lowest BCUT2D eigenvalue weighted by Crippen LogP contribution is -2.06. The van der Waals surface area contributed by atoms with Gasteiger partial charge in [0.25, 0.3) is 0 Å². The largest absolute Gasteiger partial charge is 0.382 e. The number of nitrogens with zero attached hydrogens (tertiary/aromatic N) is 3. The number of aliphatic imine (C=N–C) groups is 1. The predicted molar refractivity (Wildman–Crippen MR) is 91.3 cm³/mol. The SMILES string of the molecule is C/C=N\c1c(N)nc(C)nc1NC/C=C\CC(CC)CC. The molecule has 0 saturated heterocycles. The molecule has 0 aliphatic heterocycles. The van der Waals surface area contributed by atoms with Gasteiger partial charge in [-0.05, 0) is 26.2 Å². The summed E-state index contributed by atoms with van der Waals surface area (Å²) in [6.45, 7) is 8.86. The molecule has 116 valence electrons. The third-order valence-corrected chi connectivity index (χ3v) is 3.46. The van der Waals surface area contributed by atoms with E-state index in [0.717, 1.165) is 12.3 Å². The highest BCUT2D eigenvalue weighted by molar-refractivity contribution is 5.77. The van der Waals surface area contributed by atoms with E-state index in [1.165, 1.54) is 12.8 Å². The molecule has 1 heterocycles. The van der Waals surface area contributed by atoms with Crippen molar-refractivity contribution in [3.8, 4) is 0 Å². The van der Waals surface area contributed by atoms with E-state index in [-0.39, 0.29) is 0 Å². The molecule has 0 saturated carbocycles. The van der Waals surface area contributed by atoms with Crippen LogP contribution in [-0.2, 0) is 0 Å². The van der Waals surface area contributed by atoms with Gasteiger partial charge < -0.3 is 11.1 Å². The molecule has 1 aromatic rings. The number of nitrogens with one attached hydrogen (secondary N) is 1. The molecular formula is C16H27N5. The minimum atomic E-state index is 0.407. The van der Waals surface area contributed by atoms with Crippen LogP contribution in [0.3, 0.4) is 0 Å². The summed E-state index contributed by atoms with van der Waals surface area (Å²) >= 11 is 0. The van der Waals surface area contributed by atoms with E-state index in [1.54, 1.807) is 6.21 Å². The molecule has 0 aliphatic carbocycles. The van der Waals surface area contributed by atoms with Gasteiger partial charge in [0.15, 0.2) is 11.6 Å². The maximum Gasteiger partial charge on any atom is 0.158 e. The first-order valence-electron chi connectivity index (χ1n) is 7.63. The number of aromatic nitrogens is 2. The van der Waals surface area contributed by atoms with E-state index in [9.17, 15) is 0 Å². The average molecular weight is 289 g/mol. The van der Waals surface area contributed by atoms with Crippen LogP contribution >= 0.6 is 0 Å². The number of hydrogen-bond donors (Lipinski definition) is 2. The molecule has 3 N–H and O–H groups in total. The fourth-order valence-electron chi connectivity index (χ4n) is 2.12. The summed E-state index contributed by atoms with van der Waals surface area (Å²) in [5.74, 6) is 2.51. The van der Waals surface area contributed by atoms with Gasteiger partial charge in [0.1, 0.15) is 11.5 Å². The fraction of sp³-hybridized carbons (Fsp3) is 0.562. The van der Waals surface area contributed by atoms with Gasteiger partial charge in [0.05, 0.1) is 0 Å². The second-order valence-electron chi connectivity index (χ2n) is 5.01. The zero-order chi connectivity index (χ0) is 15.7. The standard InChI is InChI=1S/C16H27N5/c1-5-13(6-2)10-8-9-11-19-16-14(18-7-3)15(17)20-12(4)21-16/h7-9,13H,5-6,10-11H2,1-4H3,(H3,17,19,20,21)/b9-8-,18-7-. The summed E-state index contributed by atoms with van der Waals surface area (Å²) in [7, 11) is 0. The first kappa shape index (κ1) is 17.1. The van der Waals surface area contributed by atoms with Crippen LogP contribution in [0.15, 0.2) is 17.1 Å². The zero-order valence-corrected chi connectivity index (χ0v) is 13.6. The van der Waals surface area contributed by atoms with Crippen molar-refractivity contribution in [3.05, 3.63) is 18.0 Å². The van der Waals surface area contributed by atoms with E-state index in [1.807, 2.05) is 13.8 Å². The van der Waals surface area contributed by atoms with Crippen molar-refractivity contribution in [1.82, 2.24) is 9.97 Å². The van der Waals surface area contributed by atoms with Gasteiger partial charge in [-0.15, -0.1) is 0 Å². The summed E-state index contributed by atoms with van der Waals surface area (Å²) in [4.78, 5) is 12.7. The van der Waals surface area contributed by atoms with Crippen LogP contribution in [0.1, 0.15) is 45.9 Å². The summed E-state index contributed by atoms with van der Waals surface area (Å²) in [6.07, 6.45) is 9.63. The molecule has 0 bridgehead atoms. The van der Waals surface area contributed by atoms with Crippen LogP contribution in [-0.4, -0.2) is 22.7 Å². The number of rotatable bonds is 8. The highest BCUT2D eigenvalue weighted by Crippen LogP contribution is 2.27. The monoisotopic (exact) mass is 289 g/mol. The highest BCUT2D eigenvalue weighted by atomic mass is 15.1. The Bertz CT molecular complexity index is 490. The van der Waals surface area contributed by atoms with Crippen molar-refractivity contribution in [2.24, 2.45) is 10.9 Å². The van der Waals surface area contributed by atoms with Crippen molar-refractivity contribution in [3.63, 3.8) is 0 Å². The molecule has 0 aliphatic rings. The van der Waals surface area contributed by atoms with Crippen molar-refractivity contribution in [2.45, 2.75) is 47.0 Å². The third-order valence-electron chi connectivity index (χ3n) is 3.46. The molecule has 0 amide bonds. The lowest BCUT2D eigenvalue weighted by molar-refractivity contribution is 0.499. The summed E-state index contributed by atoms with van der Waals surface area (Å²) in [5.41, 5.74) is 6.50. The van der Waals surface area contributed by atoms with E-state index in [0.29, 0.717) is 29.7 Å². The Labute approximate surface area is 127 Å². The highest BCUT2D eigenvalue weighted by Gasteiger charge is 2.08. The minimum absolute atomic E-state index is 0.407. The van der Waals surface area contributed by atoms with Gasteiger partial charge in [-0.1, -0.05) is 38.8 Å². The molecule has 1 rings (SSSR count). The molecule has 0 atom stereocenters. The smallest absolute Gasteiger partial charge is 0.158 e. The van der Waals surface area contributed by atoms with Gasteiger partial charge in [0.2, 0.25) is 0 Å². The van der Waals surface area contributed by atoms with Crippen LogP contribution in [0, 0.1) is 12.8 Å². The number of aryl methyl sites for hydroxylation is 1. The molecule has 0 aromatic carbocycles. The van der Waals surface area contributed by atoms with E-state index < -0.39 is 0 Å². The first-order valence-corrected chi connectivity index (χ1v) is 7.63. The Morgan fingerprint density at radius 3 is 2.57 bits per heavy atom. The first-order chi connectivity index (χ1) is 10.1. The van der Waals surface area contributed by atoms with Crippen molar-refractivity contribution < 1.29 is 0 Å². The normalized spacial score (nSPS) is 11.9. The predicted octanol–water partition coefficient (Wildman–Crippen LogP) is 3.88. The maximum absolute atomic E-state index is 5.89. The summed E-state index contributed by atoms with van der Waals surface area (Å²) in [6, 6.07) is 0. The van der Waals surface area contributed by atoms with E-state index >= 15 is 0 Å². The van der Waals surface area contributed by atoms with Crippen LogP contribution in [0.2, 0.25) is 0 Å². The van der Waals surface area contributed by atoms with Gasteiger partial charge in [-0.2, -0.15) is 0 Å². The van der Waals surface area contributed by atoms with Gasteiger partial charge in [0, 0.05) is 12.8 Å². The third kappa shape index (κ3) is 5.53. The Morgan fingerprint density at radius 1 is 1.24 bits per heavy atom. The van der Waals surface area contributed by atoms with Crippen LogP contribution in [0.5, 0.6) is 0 Å². The molecule has 5 heteroatoms. The Balaban J connectivity index is 2.65. The molecule has 5 nitrogen and oxygen atoms in total. The molecular weight excluding hydrogens is 262 g/mol. The second kappa shape index (κ2) is 9.10. The average Bonchev–Trinajstić information content (AvgIpc) is 2.46. The quantitative estimate of drug-likeness (QED) is 0.562. The van der Waals surface area contributed by atoms with Gasteiger partial charge in [-0.3, -0.25) is 4.99 Å². The molecule has 21 heavy (non-hydrogen) atoms. The molecule has 0 radical (unpaired) electrons. The van der Waals surface area contributed by atoms with Gasteiger partial charge in [-0.25, -0.2) is 9.97 Å². The van der Waals surface area contributed by atoms with Crippen LogP contribution < -0.4 is 11.1 Å². The molecule has 0 fully saturated rings. The second-order valence-corrected chi connectivity index (χ2v) is 5.01. The zero-order valence-electron chi connectivity index (χ0n) is 13.6. The Kier molecular flexibility index (Phi) is 7.43. The number of anilines is 2. The Hall–Kier alpha value is -1.91. The summed E-state index contributed by atoms with van der Waals surface area (Å²) < 4.78 is 0. The fourth-order valence-corrected chi connectivity index (χ4v) is 2.12. The van der Waals surface area contributed by atoms with Crippen LogP contribution in [0.4, 0.5) is 17.3 Å². The van der Waals surface area contributed by atoms with Crippen molar-refractivity contribution in [2.75, 3.05) is 17.6 Å². The minimum Gasteiger partial charge on any atom is -0.382 e. The topological polar surface area (TPSA) is 76.2 Å². The number of allylic oxidation sites excluding steroid dienone is 1. The molecule has 0 unspecified atom stereocenters. The Morgan fingerprint density at radius 2 is 1.95 bits per heavy atom. The lowest BCUT2D eigenvalue weighted by atomic mass is 9.99. The number of hydrogen-bond acceptors (Lipinski definition) is 5. The van der Waals surface area contributed by atoms with Crippen molar-refractivity contribution in [1.29, 1.82) is 0 Å². The van der Waals surface area contributed by atoms with Crippen LogP contribution in [0.25, 0.3) is 0 Å². The maximum atomic E-state index is 5.89. The summed E-state index contributed by atoms with van der Waals surface area (Å²) in [5, 5.41) is 3.26. The van der Waals surface area contributed by atoms with E-state index in [2.05, 4.69) is 46.3 Å². The number of nitrogens with two attached hydrogens (primary N) is 1. The number of nitrogen functional groups attached to an aromatic ring is 1. The molecule has 1 aromatic heterocycles. The van der Waals surface area contributed by atoms with Crippen molar-refractivity contribution >= 4 is 23.5 Å². The van der Waals surface area contributed by atoms with E-state index in [4.69, 9.17) is 5.73 Å².